The van der Waals surface area contributed by atoms with Gasteiger partial charge < -0.3 is 0 Å². The van der Waals surface area contributed by atoms with Gasteiger partial charge in [-0.1, -0.05) is 134 Å². The summed E-state index contributed by atoms with van der Waals surface area (Å²) in [6, 6.07) is 10.4. The molecule has 0 aliphatic carbocycles. The molecular formula is C28H50N2O. The molecule has 1 N–H and O–H groups in total. The number of hydrogen-bond acceptors (Lipinski definition) is 2. The van der Waals surface area contributed by atoms with Crippen molar-refractivity contribution in [2.24, 2.45) is 0 Å². The maximum Gasteiger partial charge on any atom is 0.234 e. The first-order valence-electron chi connectivity index (χ1n) is 13.3. The molecular weight excluding hydrogens is 380 g/mol. The van der Waals surface area contributed by atoms with E-state index in [4.69, 9.17) is 0 Å². The Hall–Kier alpha value is -1.35. The highest BCUT2D eigenvalue weighted by Gasteiger charge is 2.09. The molecule has 0 aliphatic rings. The molecule has 1 rings (SSSR count). The lowest BCUT2D eigenvalue weighted by Gasteiger charge is -2.22. The molecule has 1 amide bonds. The minimum atomic E-state index is 0.166. The van der Waals surface area contributed by atoms with Gasteiger partial charge in [-0.25, -0.2) is 5.01 Å². The van der Waals surface area contributed by atoms with Crippen molar-refractivity contribution in [3.05, 3.63) is 35.9 Å². The molecule has 0 fully saturated rings. The maximum absolute atomic E-state index is 12.3. The van der Waals surface area contributed by atoms with Crippen LogP contribution in [0.2, 0.25) is 0 Å². The van der Waals surface area contributed by atoms with Crippen LogP contribution in [0.25, 0.3) is 0 Å². The zero-order valence-corrected chi connectivity index (χ0v) is 20.7. The van der Waals surface area contributed by atoms with Gasteiger partial charge in [0.25, 0.3) is 0 Å². The van der Waals surface area contributed by atoms with Crippen LogP contribution >= 0.6 is 0 Å². The second-order valence-electron chi connectivity index (χ2n) is 9.14. The van der Waals surface area contributed by atoms with Crippen molar-refractivity contribution in [3.63, 3.8) is 0 Å². The second kappa shape index (κ2) is 20.5. The lowest BCUT2D eigenvalue weighted by Crippen LogP contribution is -2.42. The Morgan fingerprint density at radius 3 is 1.65 bits per heavy atom. The van der Waals surface area contributed by atoms with Gasteiger partial charge in [0, 0.05) is 19.5 Å². The molecule has 178 valence electrons. The second-order valence-corrected chi connectivity index (χ2v) is 9.14. The summed E-state index contributed by atoms with van der Waals surface area (Å²) in [6.07, 6.45) is 22.0. The number of rotatable bonds is 21. The van der Waals surface area contributed by atoms with E-state index in [-0.39, 0.29) is 5.91 Å². The van der Waals surface area contributed by atoms with Gasteiger partial charge in [-0.3, -0.25) is 10.2 Å². The summed E-state index contributed by atoms with van der Waals surface area (Å²) in [6.45, 7) is 6.10. The lowest BCUT2D eigenvalue weighted by atomic mass is 10.0. The first-order chi connectivity index (χ1) is 15.3. The quantitative estimate of drug-likeness (QED) is 0.157. The van der Waals surface area contributed by atoms with E-state index in [2.05, 4.69) is 48.5 Å². The van der Waals surface area contributed by atoms with E-state index in [0.717, 1.165) is 25.9 Å². The third-order valence-corrected chi connectivity index (χ3v) is 6.00. The molecule has 0 saturated carbocycles. The molecule has 3 heteroatoms. The van der Waals surface area contributed by atoms with Crippen LogP contribution in [0.5, 0.6) is 0 Å². The van der Waals surface area contributed by atoms with Crippen LogP contribution < -0.4 is 5.43 Å². The summed E-state index contributed by atoms with van der Waals surface area (Å²) in [5, 5.41) is 2.06. The fourth-order valence-corrected chi connectivity index (χ4v) is 4.14. The monoisotopic (exact) mass is 430 g/mol. The van der Waals surface area contributed by atoms with E-state index in [1.807, 2.05) is 6.07 Å². The Kier molecular flexibility index (Phi) is 18.3. The first-order valence-corrected chi connectivity index (χ1v) is 13.3. The number of unbranched alkanes of at least 4 members (excludes halogenated alkanes) is 14. The van der Waals surface area contributed by atoms with E-state index in [1.54, 1.807) is 0 Å². The highest BCUT2D eigenvalue weighted by Crippen LogP contribution is 2.13. The molecule has 31 heavy (non-hydrogen) atoms. The van der Waals surface area contributed by atoms with Crippen molar-refractivity contribution in [2.45, 2.75) is 130 Å². The number of nitrogens with zero attached hydrogens (tertiary/aromatic N) is 1. The fraction of sp³-hybridized carbons (Fsp3) is 0.750. The zero-order valence-electron chi connectivity index (χ0n) is 20.7. The van der Waals surface area contributed by atoms with Gasteiger partial charge >= 0.3 is 0 Å². The molecule has 0 heterocycles. The standard InChI is InChI=1S/C28H50N2O/c1-3-5-6-7-8-9-10-11-12-13-14-15-16-17-21-24-28(31)29-30(25-4-2)26-27-22-19-18-20-23-27/h18-20,22-23H,3-17,21,24-26H2,1-2H3,(H,29,31). The van der Waals surface area contributed by atoms with Crippen LogP contribution in [0.1, 0.15) is 129 Å². The molecule has 0 saturated heterocycles. The molecule has 1 aromatic carbocycles. The molecule has 0 aromatic heterocycles. The molecule has 0 unspecified atom stereocenters. The van der Waals surface area contributed by atoms with Gasteiger partial charge in [-0.05, 0) is 18.4 Å². The summed E-state index contributed by atoms with van der Waals surface area (Å²) in [4.78, 5) is 12.3. The van der Waals surface area contributed by atoms with E-state index in [0.29, 0.717) is 6.42 Å². The van der Waals surface area contributed by atoms with Crippen molar-refractivity contribution < 1.29 is 4.79 Å². The van der Waals surface area contributed by atoms with Crippen LogP contribution in [0.3, 0.4) is 0 Å². The number of carbonyl (C=O) groups excluding carboxylic acids is 1. The van der Waals surface area contributed by atoms with E-state index in [1.165, 1.54) is 95.5 Å². The Morgan fingerprint density at radius 2 is 1.16 bits per heavy atom. The number of hydrazine groups is 1. The zero-order chi connectivity index (χ0) is 22.4. The summed E-state index contributed by atoms with van der Waals surface area (Å²) in [5.74, 6) is 0.166. The van der Waals surface area contributed by atoms with Crippen molar-refractivity contribution in [1.29, 1.82) is 0 Å². The van der Waals surface area contributed by atoms with Crippen molar-refractivity contribution in [2.75, 3.05) is 6.54 Å². The van der Waals surface area contributed by atoms with Gasteiger partial charge in [0.05, 0.1) is 0 Å². The van der Waals surface area contributed by atoms with Gasteiger partial charge in [0.2, 0.25) is 5.91 Å². The number of carbonyl (C=O) groups is 1. The largest absolute Gasteiger partial charge is 0.289 e. The molecule has 1 aromatic rings. The number of amides is 1. The number of nitrogens with one attached hydrogen (secondary N) is 1. The summed E-state index contributed by atoms with van der Waals surface area (Å²) in [7, 11) is 0. The average molecular weight is 431 g/mol. The molecule has 0 radical (unpaired) electrons. The Morgan fingerprint density at radius 1 is 0.677 bits per heavy atom. The third-order valence-electron chi connectivity index (χ3n) is 6.00. The van der Waals surface area contributed by atoms with Crippen LogP contribution in [0.4, 0.5) is 0 Å². The highest BCUT2D eigenvalue weighted by molar-refractivity contribution is 5.75. The van der Waals surface area contributed by atoms with Crippen molar-refractivity contribution >= 4 is 5.91 Å². The van der Waals surface area contributed by atoms with Crippen LogP contribution in [0, 0.1) is 0 Å². The summed E-state index contributed by atoms with van der Waals surface area (Å²) < 4.78 is 0. The topological polar surface area (TPSA) is 32.3 Å². The maximum atomic E-state index is 12.3. The van der Waals surface area contributed by atoms with Crippen LogP contribution in [0.15, 0.2) is 30.3 Å². The van der Waals surface area contributed by atoms with Crippen LogP contribution in [-0.2, 0) is 11.3 Å². The number of hydrogen-bond donors (Lipinski definition) is 1. The van der Waals surface area contributed by atoms with E-state index in [9.17, 15) is 4.79 Å². The Bertz CT molecular complexity index is 517. The first kappa shape index (κ1) is 27.7. The minimum absolute atomic E-state index is 0.166. The third kappa shape index (κ3) is 16.9. The normalized spacial score (nSPS) is 11.2. The Labute approximate surface area is 193 Å². The van der Waals surface area contributed by atoms with Gasteiger partial charge in [-0.15, -0.1) is 0 Å². The molecule has 0 aliphatic heterocycles. The van der Waals surface area contributed by atoms with E-state index < -0.39 is 0 Å². The van der Waals surface area contributed by atoms with Gasteiger partial charge in [0.15, 0.2) is 0 Å². The smallest absolute Gasteiger partial charge is 0.234 e. The molecule has 3 nitrogen and oxygen atoms in total. The van der Waals surface area contributed by atoms with Gasteiger partial charge in [-0.2, -0.15) is 0 Å². The summed E-state index contributed by atoms with van der Waals surface area (Å²) in [5.41, 5.74) is 4.35. The molecule has 0 spiro atoms. The van der Waals surface area contributed by atoms with Crippen LogP contribution in [-0.4, -0.2) is 17.5 Å². The highest BCUT2D eigenvalue weighted by atomic mass is 16.2. The predicted octanol–water partition coefficient (Wildman–Crippen LogP) is 8.19. The lowest BCUT2D eigenvalue weighted by molar-refractivity contribution is -0.126. The van der Waals surface area contributed by atoms with Crippen molar-refractivity contribution in [1.82, 2.24) is 10.4 Å². The van der Waals surface area contributed by atoms with Crippen molar-refractivity contribution in [3.8, 4) is 0 Å². The SMILES string of the molecule is CCCCCCCCCCCCCCCCCC(=O)NN(CCC)Cc1ccccc1. The summed E-state index contributed by atoms with van der Waals surface area (Å²) >= 11 is 0. The Balaban J connectivity index is 1.93. The number of benzene rings is 1. The fourth-order valence-electron chi connectivity index (χ4n) is 4.14. The predicted molar refractivity (Wildman–Crippen MR) is 135 cm³/mol. The van der Waals surface area contributed by atoms with Gasteiger partial charge in [0.1, 0.15) is 0 Å². The average Bonchev–Trinajstić information content (AvgIpc) is 2.77. The molecule has 0 bridgehead atoms. The minimum Gasteiger partial charge on any atom is -0.289 e. The molecule has 0 atom stereocenters. The van der Waals surface area contributed by atoms with E-state index >= 15 is 0 Å².